The molecule has 0 aliphatic carbocycles. The Morgan fingerprint density at radius 3 is 2.88 bits per heavy atom. The van der Waals surface area contributed by atoms with Crippen molar-refractivity contribution in [3.8, 4) is 0 Å². The van der Waals surface area contributed by atoms with Crippen LogP contribution in [0, 0.1) is 0 Å². The average molecular weight is 358 g/mol. The Kier molecular flexibility index (Phi) is 6.03. The number of thiophene rings is 1. The van der Waals surface area contributed by atoms with Crippen LogP contribution in [0.4, 0.5) is 5.69 Å². The number of amides is 1. The third-order valence-corrected chi connectivity index (χ3v) is 5.30. The zero-order chi connectivity index (χ0) is 16.6. The van der Waals surface area contributed by atoms with E-state index in [2.05, 4.69) is 33.0 Å². The smallest absolute Gasteiger partial charge is 0.225 e. The van der Waals surface area contributed by atoms with Crippen LogP contribution in [0.25, 0.3) is 0 Å². The first-order chi connectivity index (χ1) is 11.8. The van der Waals surface area contributed by atoms with E-state index in [9.17, 15) is 4.79 Å². The Morgan fingerprint density at radius 2 is 2.08 bits per heavy atom. The molecule has 2 heterocycles. The molecule has 5 nitrogen and oxygen atoms in total. The topological polar surface area (TPSA) is 59.8 Å². The summed E-state index contributed by atoms with van der Waals surface area (Å²) in [5.74, 6) is 0.689. The van der Waals surface area contributed by atoms with Crippen molar-refractivity contribution in [1.29, 1.82) is 0 Å². The van der Waals surface area contributed by atoms with Crippen molar-refractivity contribution in [2.75, 3.05) is 11.1 Å². The van der Waals surface area contributed by atoms with Crippen molar-refractivity contribution in [1.82, 2.24) is 14.8 Å². The molecule has 1 amide bonds. The molecule has 0 saturated heterocycles. The summed E-state index contributed by atoms with van der Waals surface area (Å²) < 4.78 is 2.04. The molecule has 0 aliphatic rings. The first kappa shape index (κ1) is 16.7. The average Bonchev–Trinajstić information content (AvgIpc) is 3.25. The Morgan fingerprint density at radius 1 is 1.21 bits per heavy atom. The molecule has 0 fully saturated rings. The van der Waals surface area contributed by atoms with Gasteiger partial charge in [0.1, 0.15) is 6.33 Å². The van der Waals surface area contributed by atoms with Crippen LogP contribution < -0.4 is 5.32 Å². The van der Waals surface area contributed by atoms with E-state index in [-0.39, 0.29) is 5.91 Å². The standard InChI is InChI=1S/C17H18N4OS2/c22-16(19-14-5-2-1-3-6-14)9-12-24-17-20-18-13-21(17)10-8-15-7-4-11-23-15/h1-7,11,13H,8-10,12H2,(H,19,22). The summed E-state index contributed by atoms with van der Waals surface area (Å²) in [4.78, 5) is 13.3. The zero-order valence-corrected chi connectivity index (χ0v) is 14.7. The fraction of sp³-hybridized carbons (Fsp3) is 0.235. The van der Waals surface area contributed by atoms with Gasteiger partial charge in [0.2, 0.25) is 5.91 Å². The van der Waals surface area contributed by atoms with Gasteiger partial charge in [-0.3, -0.25) is 4.79 Å². The van der Waals surface area contributed by atoms with Gasteiger partial charge in [-0.25, -0.2) is 0 Å². The number of anilines is 1. The fourth-order valence-electron chi connectivity index (χ4n) is 2.18. The molecule has 24 heavy (non-hydrogen) atoms. The molecule has 7 heteroatoms. The van der Waals surface area contributed by atoms with Gasteiger partial charge >= 0.3 is 0 Å². The second-order valence-electron chi connectivity index (χ2n) is 5.15. The minimum absolute atomic E-state index is 0.0124. The van der Waals surface area contributed by atoms with E-state index in [4.69, 9.17) is 0 Å². The van der Waals surface area contributed by atoms with Crippen LogP contribution in [0.15, 0.2) is 59.3 Å². The molecular weight excluding hydrogens is 340 g/mol. The van der Waals surface area contributed by atoms with Gasteiger partial charge in [-0.15, -0.1) is 21.5 Å². The maximum atomic E-state index is 11.9. The van der Waals surface area contributed by atoms with Crippen LogP contribution in [-0.2, 0) is 17.8 Å². The van der Waals surface area contributed by atoms with E-state index in [1.807, 2.05) is 34.9 Å². The predicted molar refractivity (Wildman–Crippen MR) is 98.5 cm³/mol. The van der Waals surface area contributed by atoms with Gasteiger partial charge < -0.3 is 9.88 Å². The number of hydrogen-bond donors (Lipinski definition) is 1. The maximum Gasteiger partial charge on any atom is 0.225 e. The van der Waals surface area contributed by atoms with E-state index < -0.39 is 0 Å². The lowest BCUT2D eigenvalue weighted by molar-refractivity contribution is -0.115. The number of nitrogens with zero attached hydrogens (tertiary/aromatic N) is 3. The number of carbonyl (C=O) groups excluding carboxylic acids is 1. The van der Waals surface area contributed by atoms with E-state index in [1.54, 1.807) is 29.4 Å². The quantitative estimate of drug-likeness (QED) is 0.624. The predicted octanol–water partition coefficient (Wildman–Crippen LogP) is 3.70. The molecule has 0 aliphatic heterocycles. The largest absolute Gasteiger partial charge is 0.326 e. The van der Waals surface area contributed by atoms with Crippen LogP contribution in [0.3, 0.4) is 0 Å². The van der Waals surface area contributed by atoms with E-state index in [1.165, 1.54) is 4.88 Å². The minimum Gasteiger partial charge on any atom is -0.326 e. The molecule has 2 aromatic heterocycles. The molecule has 1 aromatic carbocycles. The van der Waals surface area contributed by atoms with Crippen LogP contribution in [0.5, 0.6) is 0 Å². The zero-order valence-electron chi connectivity index (χ0n) is 13.1. The highest BCUT2D eigenvalue weighted by atomic mass is 32.2. The molecule has 124 valence electrons. The molecule has 0 atom stereocenters. The van der Waals surface area contributed by atoms with Crippen LogP contribution in [0.1, 0.15) is 11.3 Å². The van der Waals surface area contributed by atoms with Crippen LogP contribution in [0.2, 0.25) is 0 Å². The lowest BCUT2D eigenvalue weighted by atomic mass is 10.3. The van der Waals surface area contributed by atoms with Crippen LogP contribution >= 0.6 is 23.1 Å². The van der Waals surface area contributed by atoms with Gasteiger partial charge in [0.15, 0.2) is 5.16 Å². The highest BCUT2D eigenvalue weighted by Crippen LogP contribution is 2.18. The first-order valence-corrected chi connectivity index (χ1v) is 9.55. The van der Waals surface area contributed by atoms with Crippen molar-refractivity contribution < 1.29 is 4.79 Å². The Hall–Kier alpha value is -2.12. The highest BCUT2D eigenvalue weighted by Gasteiger charge is 2.08. The number of hydrogen-bond acceptors (Lipinski definition) is 5. The number of rotatable bonds is 8. The maximum absolute atomic E-state index is 11.9. The van der Waals surface area contributed by atoms with E-state index >= 15 is 0 Å². The summed E-state index contributed by atoms with van der Waals surface area (Å²) in [5.41, 5.74) is 0.826. The summed E-state index contributed by atoms with van der Waals surface area (Å²) in [5, 5.41) is 14.0. The fourth-order valence-corrected chi connectivity index (χ4v) is 3.75. The highest BCUT2D eigenvalue weighted by molar-refractivity contribution is 7.99. The number of nitrogens with one attached hydrogen (secondary N) is 1. The van der Waals surface area contributed by atoms with Crippen molar-refractivity contribution in [2.45, 2.75) is 24.5 Å². The van der Waals surface area contributed by atoms with E-state index in [0.29, 0.717) is 12.2 Å². The van der Waals surface area contributed by atoms with Gasteiger partial charge in [-0.05, 0) is 30.0 Å². The second-order valence-corrected chi connectivity index (χ2v) is 7.24. The van der Waals surface area contributed by atoms with Gasteiger partial charge in [0.25, 0.3) is 0 Å². The molecular formula is C17H18N4OS2. The number of carbonyl (C=O) groups is 1. The normalized spacial score (nSPS) is 10.7. The van der Waals surface area contributed by atoms with Gasteiger partial charge in [0, 0.05) is 29.3 Å². The Balaban J connectivity index is 1.43. The summed E-state index contributed by atoms with van der Waals surface area (Å²) in [6.45, 7) is 0.853. The molecule has 0 bridgehead atoms. The van der Waals surface area contributed by atoms with Gasteiger partial charge in [-0.1, -0.05) is 36.0 Å². The lowest BCUT2D eigenvalue weighted by Crippen LogP contribution is -2.12. The van der Waals surface area contributed by atoms with Crippen molar-refractivity contribution >= 4 is 34.7 Å². The van der Waals surface area contributed by atoms with Crippen LogP contribution in [-0.4, -0.2) is 26.4 Å². The molecule has 0 saturated carbocycles. The monoisotopic (exact) mass is 358 g/mol. The summed E-state index contributed by atoms with van der Waals surface area (Å²) in [6, 6.07) is 13.7. The molecule has 3 aromatic rings. The summed E-state index contributed by atoms with van der Waals surface area (Å²) >= 11 is 3.32. The molecule has 0 spiro atoms. The third-order valence-electron chi connectivity index (χ3n) is 3.38. The van der Waals surface area contributed by atoms with Crippen molar-refractivity contribution in [3.63, 3.8) is 0 Å². The van der Waals surface area contributed by atoms with E-state index in [0.717, 1.165) is 23.8 Å². The van der Waals surface area contributed by atoms with Crippen molar-refractivity contribution in [2.24, 2.45) is 0 Å². The number of para-hydroxylation sites is 1. The SMILES string of the molecule is O=C(CCSc1nncn1CCc1cccs1)Nc1ccccc1. The number of benzene rings is 1. The third kappa shape index (κ3) is 4.94. The Labute approximate surface area is 149 Å². The first-order valence-electron chi connectivity index (χ1n) is 7.69. The van der Waals surface area contributed by atoms with Gasteiger partial charge in [0.05, 0.1) is 0 Å². The number of aryl methyl sites for hydroxylation is 2. The number of aromatic nitrogens is 3. The molecule has 1 N–H and O–H groups in total. The second kappa shape index (κ2) is 8.65. The lowest BCUT2D eigenvalue weighted by Gasteiger charge is -2.06. The summed E-state index contributed by atoms with van der Waals surface area (Å²) in [7, 11) is 0. The molecule has 0 radical (unpaired) electrons. The molecule has 0 unspecified atom stereocenters. The summed E-state index contributed by atoms with van der Waals surface area (Å²) in [6.07, 6.45) is 3.16. The molecule has 3 rings (SSSR count). The van der Waals surface area contributed by atoms with Crippen molar-refractivity contribution in [3.05, 3.63) is 59.0 Å². The Bertz CT molecular complexity index is 756. The van der Waals surface area contributed by atoms with Gasteiger partial charge in [-0.2, -0.15) is 0 Å². The minimum atomic E-state index is 0.0124. The number of thioether (sulfide) groups is 1.